The smallest absolute Gasteiger partial charge is 0.312 e. The SMILES string of the molecule is Cc1cccc(S(=O)(=O)N2CCC(C(=O)O)C(F)(F)C2)c1F. The monoisotopic (exact) mass is 337 g/mol. The number of aliphatic carboxylic acids is 1. The zero-order valence-corrected chi connectivity index (χ0v) is 12.4. The van der Waals surface area contributed by atoms with Crippen LogP contribution >= 0.6 is 0 Å². The second-order valence-corrected chi connectivity index (χ2v) is 7.07. The van der Waals surface area contributed by atoms with E-state index in [1.807, 2.05) is 0 Å². The van der Waals surface area contributed by atoms with Crippen LogP contribution in [0.1, 0.15) is 12.0 Å². The van der Waals surface area contributed by atoms with E-state index in [1.165, 1.54) is 19.1 Å². The minimum Gasteiger partial charge on any atom is -0.481 e. The molecule has 122 valence electrons. The summed E-state index contributed by atoms with van der Waals surface area (Å²) < 4.78 is 66.7. The Kier molecular flexibility index (Phi) is 4.22. The van der Waals surface area contributed by atoms with Gasteiger partial charge in [-0.25, -0.2) is 21.6 Å². The van der Waals surface area contributed by atoms with Crippen molar-refractivity contribution in [3.63, 3.8) is 0 Å². The summed E-state index contributed by atoms with van der Waals surface area (Å²) in [7, 11) is -4.45. The highest BCUT2D eigenvalue weighted by atomic mass is 32.2. The van der Waals surface area contributed by atoms with Crippen LogP contribution in [-0.2, 0) is 14.8 Å². The highest BCUT2D eigenvalue weighted by Gasteiger charge is 2.51. The van der Waals surface area contributed by atoms with Crippen LogP contribution in [0.3, 0.4) is 0 Å². The number of nitrogens with zero attached hydrogens (tertiary/aromatic N) is 1. The molecule has 1 saturated heterocycles. The summed E-state index contributed by atoms with van der Waals surface area (Å²) in [6.45, 7) is -0.318. The molecule has 1 aromatic carbocycles. The van der Waals surface area contributed by atoms with Crippen molar-refractivity contribution in [1.82, 2.24) is 4.31 Å². The van der Waals surface area contributed by atoms with Gasteiger partial charge < -0.3 is 5.11 Å². The summed E-state index contributed by atoms with van der Waals surface area (Å²) in [6.07, 6.45) is -0.533. The molecule has 5 nitrogen and oxygen atoms in total. The number of carbonyl (C=O) groups is 1. The predicted octanol–water partition coefficient (Wildman–Crippen LogP) is 1.86. The number of aryl methyl sites for hydroxylation is 1. The van der Waals surface area contributed by atoms with Gasteiger partial charge >= 0.3 is 5.97 Å². The molecule has 1 heterocycles. The summed E-state index contributed by atoms with van der Waals surface area (Å²) in [6, 6.07) is 3.67. The molecule has 1 aliphatic heterocycles. The Bertz CT molecular complexity index is 705. The van der Waals surface area contributed by atoms with E-state index in [9.17, 15) is 26.4 Å². The maximum Gasteiger partial charge on any atom is 0.312 e. The number of carboxylic acid groups (broad SMARTS) is 1. The number of piperidine rings is 1. The van der Waals surface area contributed by atoms with E-state index in [1.54, 1.807) is 0 Å². The molecule has 22 heavy (non-hydrogen) atoms. The number of alkyl halides is 2. The van der Waals surface area contributed by atoms with Crippen LogP contribution in [0.25, 0.3) is 0 Å². The number of halogens is 3. The molecule has 1 atom stereocenters. The summed E-state index contributed by atoms with van der Waals surface area (Å²) >= 11 is 0. The van der Waals surface area contributed by atoms with Gasteiger partial charge in [0.25, 0.3) is 5.92 Å². The van der Waals surface area contributed by atoms with Crippen molar-refractivity contribution in [1.29, 1.82) is 0 Å². The van der Waals surface area contributed by atoms with Gasteiger partial charge in [-0.05, 0) is 25.0 Å². The second-order valence-electron chi connectivity index (χ2n) is 5.17. The van der Waals surface area contributed by atoms with Gasteiger partial charge in [0.05, 0.1) is 6.54 Å². The average Bonchev–Trinajstić information content (AvgIpc) is 2.39. The molecule has 0 radical (unpaired) electrons. The topological polar surface area (TPSA) is 74.7 Å². The van der Waals surface area contributed by atoms with Crippen LogP contribution in [0.5, 0.6) is 0 Å². The summed E-state index contributed by atoms with van der Waals surface area (Å²) in [5.41, 5.74) is 0.0771. The Morgan fingerprint density at radius 1 is 1.41 bits per heavy atom. The Morgan fingerprint density at radius 2 is 2.05 bits per heavy atom. The van der Waals surface area contributed by atoms with Gasteiger partial charge in [-0.1, -0.05) is 12.1 Å². The molecule has 1 aliphatic rings. The Hall–Kier alpha value is -1.61. The molecular formula is C13H14F3NO4S. The van der Waals surface area contributed by atoms with Gasteiger partial charge in [-0.3, -0.25) is 4.79 Å². The first kappa shape index (κ1) is 16.8. The van der Waals surface area contributed by atoms with Crippen LogP contribution < -0.4 is 0 Å². The highest BCUT2D eigenvalue weighted by Crippen LogP contribution is 2.36. The number of hydrogen-bond acceptors (Lipinski definition) is 3. The number of benzene rings is 1. The largest absolute Gasteiger partial charge is 0.481 e. The fourth-order valence-electron chi connectivity index (χ4n) is 2.38. The lowest BCUT2D eigenvalue weighted by Crippen LogP contribution is -2.52. The lowest BCUT2D eigenvalue weighted by Gasteiger charge is -2.35. The highest BCUT2D eigenvalue weighted by molar-refractivity contribution is 7.89. The number of hydrogen-bond donors (Lipinski definition) is 1. The molecule has 0 aliphatic carbocycles. The van der Waals surface area contributed by atoms with Gasteiger partial charge in [0.15, 0.2) is 0 Å². The van der Waals surface area contributed by atoms with E-state index >= 15 is 0 Å². The molecule has 1 fully saturated rings. The van der Waals surface area contributed by atoms with Crippen molar-refractivity contribution in [2.75, 3.05) is 13.1 Å². The minimum atomic E-state index is -4.45. The Labute approximate surface area is 125 Å². The Morgan fingerprint density at radius 3 is 2.59 bits per heavy atom. The first-order chi connectivity index (χ1) is 10.1. The molecule has 0 aromatic heterocycles. The number of sulfonamides is 1. The molecule has 0 amide bonds. The molecule has 9 heteroatoms. The van der Waals surface area contributed by atoms with Crippen molar-refractivity contribution in [2.24, 2.45) is 5.92 Å². The van der Waals surface area contributed by atoms with Crippen LogP contribution in [0.15, 0.2) is 23.1 Å². The van der Waals surface area contributed by atoms with Gasteiger partial charge in [-0.2, -0.15) is 4.31 Å². The molecular weight excluding hydrogens is 323 g/mol. The molecule has 0 spiro atoms. The van der Waals surface area contributed by atoms with Gasteiger partial charge in [0.1, 0.15) is 16.6 Å². The van der Waals surface area contributed by atoms with Crippen LogP contribution in [0.2, 0.25) is 0 Å². The van der Waals surface area contributed by atoms with Gasteiger partial charge in [-0.15, -0.1) is 0 Å². The normalized spacial score (nSPS) is 22.5. The molecule has 2 rings (SSSR count). The maximum absolute atomic E-state index is 14.0. The first-order valence-corrected chi connectivity index (χ1v) is 7.87. The van der Waals surface area contributed by atoms with E-state index in [4.69, 9.17) is 5.11 Å². The standard InChI is InChI=1S/C13H14F3NO4S/c1-8-3-2-4-10(11(8)14)22(20,21)17-6-5-9(12(18)19)13(15,16)7-17/h2-4,9H,5-7H2,1H3,(H,18,19). The molecule has 1 aromatic rings. The minimum absolute atomic E-state index is 0.0771. The van der Waals surface area contributed by atoms with Crippen LogP contribution in [-0.4, -0.2) is 42.8 Å². The number of rotatable bonds is 3. The number of carboxylic acids is 1. The lowest BCUT2D eigenvalue weighted by atomic mass is 9.94. The summed E-state index contributed by atoms with van der Waals surface area (Å²) in [5, 5.41) is 8.75. The van der Waals surface area contributed by atoms with E-state index in [-0.39, 0.29) is 5.56 Å². The summed E-state index contributed by atoms with van der Waals surface area (Å²) in [4.78, 5) is 10.1. The van der Waals surface area contributed by atoms with Crippen LogP contribution in [0, 0.1) is 18.7 Å². The quantitative estimate of drug-likeness (QED) is 0.914. The van der Waals surface area contributed by atoms with Crippen molar-refractivity contribution in [3.05, 3.63) is 29.6 Å². The summed E-state index contributed by atoms with van der Waals surface area (Å²) in [5.74, 6) is -8.33. The van der Waals surface area contributed by atoms with Gasteiger partial charge in [0, 0.05) is 6.54 Å². The van der Waals surface area contributed by atoms with E-state index in [0.717, 1.165) is 6.07 Å². The first-order valence-electron chi connectivity index (χ1n) is 6.43. The fourth-order valence-corrected chi connectivity index (χ4v) is 3.98. The van der Waals surface area contributed by atoms with Crippen molar-refractivity contribution < 1.29 is 31.5 Å². The van der Waals surface area contributed by atoms with E-state index in [2.05, 4.69) is 0 Å². The molecule has 1 unspecified atom stereocenters. The predicted molar refractivity (Wildman–Crippen MR) is 70.6 cm³/mol. The average molecular weight is 337 g/mol. The maximum atomic E-state index is 14.0. The van der Waals surface area contributed by atoms with Gasteiger partial charge in [0.2, 0.25) is 10.0 Å². The third-order valence-corrected chi connectivity index (χ3v) is 5.50. The van der Waals surface area contributed by atoms with Crippen molar-refractivity contribution in [2.45, 2.75) is 24.2 Å². The second kappa shape index (κ2) is 5.54. The molecule has 0 saturated carbocycles. The zero-order valence-electron chi connectivity index (χ0n) is 11.6. The fraction of sp³-hybridized carbons (Fsp3) is 0.462. The van der Waals surface area contributed by atoms with Crippen LogP contribution in [0.4, 0.5) is 13.2 Å². The molecule has 1 N–H and O–H groups in total. The van der Waals surface area contributed by atoms with Crippen molar-refractivity contribution in [3.8, 4) is 0 Å². The Balaban J connectivity index is 2.36. The third kappa shape index (κ3) is 2.82. The lowest BCUT2D eigenvalue weighted by molar-refractivity contribution is -0.163. The zero-order chi connectivity index (χ0) is 16.7. The van der Waals surface area contributed by atoms with E-state index in [0.29, 0.717) is 4.31 Å². The molecule has 0 bridgehead atoms. The van der Waals surface area contributed by atoms with Crippen molar-refractivity contribution >= 4 is 16.0 Å². The van der Waals surface area contributed by atoms with E-state index < -0.39 is 58.1 Å². The third-order valence-electron chi connectivity index (χ3n) is 3.64.